The Balaban J connectivity index is 0.919. The molecule has 2 aromatic heterocycles. The molecule has 0 saturated carbocycles. The van der Waals surface area contributed by atoms with Crippen molar-refractivity contribution in [2.75, 3.05) is 4.90 Å². The van der Waals surface area contributed by atoms with Gasteiger partial charge in [0.2, 0.25) is 0 Å². The maximum atomic E-state index is 7.33. The number of rotatable bonds is 33. The predicted molar refractivity (Wildman–Crippen MR) is 466 cm³/mol. The highest BCUT2D eigenvalue weighted by atomic mass is 16.3. The van der Waals surface area contributed by atoms with E-state index in [0.717, 1.165) is 40.9 Å². The Bertz CT molecular complexity index is 5390. The lowest BCUT2D eigenvalue weighted by atomic mass is 9.68. The molecule has 0 radical (unpaired) electrons. The highest BCUT2D eigenvalue weighted by Crippen LogP contribution is 2.67. The Morgan fingerprint density at radius 2 is 0.697 bits per heavy atom. The first-order chi connectivity index (χ1) is 53.5. The summed E-state index contributed by atoms with van der Waals surface area (Å²) in [7, 11) is 0. The number of benzene rings is 11. The van der Waals surface area contributed by atoms with Crippen molar-refractivity contribution in [3.05, 3.63) is 257 Å². The second-order valence-electron chi connectivity index (χ2n) is 34.5. The maximum absolute atomic E-state index is 7.33. The Kier molecular flexibility index (Phi) is 20.4. The van der Waals surface area contributed by atoms with Gasteiger partial charge in [0.1, 0.15) is 22.3 Å². The molecule has 0 aliphatic heterocycles. The second-order valence-corrected chi connectivity index (χ2v) is 34.5. The molecule has 0 unspecified atom stereocenters. The molecule has 4 aliphatic carbocycles. The van der Waals surface area contributed by atoms with E-state index in [0.29, 0.717) is 0 Å². The van der Waals surface area contributed by atoms with Gasteiger partial charge < -0.3 is 13.7 Å². The summed E-state index contributed by atoms with van der Waals surface area (Å²) in [5.74, 6) is 0. The zero-order valence-corrected chi connectivity index (χ0v) is 66.8. The van der Waals surface area contributed by atoms with E-state index in [2.05, 4.69) is 273 Å². The molecule has 0 atom stereocenters. The van der Waals surface area contributed by atoms with Crippen LogP contribution < -0.4 is 4.90 Å². The molecule has 3 heteroatoms. The standard InChI is InChI=1S/C106H115NO2/c1-9-13-17-21-25-41-64-105(65-42-26-22-18-14-10-2)86-62-63-93-95(81-51-36-39-56-91(81)108-93)94(86)84-71-89-83(70-90(84)105)78-60-58-75(69-88(78)106(89,66-43-27-23-19-15-11-3)67-44-28-24-20-16-12-4)107(101-76(72-46-31-29-32-47-72)53-45-54-77(101)73-48-33-30-34-49-73)74-59-61-80-87(68-74)104(7,8)100-98(80)102-97(82-52-37-40-57-92(82)109-102)96-79-50-35-38-55-85(79)103(5,6)99(96)100/h29-40,45-63,68-71H,9-28,41-44,64-67H2,1-8H3. The van der Waals surface area contributed by atoms with E-state index in [4.69, 9.17) is 8.83 Å². The molecule has 4 aliphatic rings. The molecule has 0 amide bonds. The van der Waals surface area contributed by atoms with Crippen molar-refractivity contribution < 1.29 is 8.83 Å². The topological polar surface area (TPSA) is 29.5 Å². The van der Waals surface area contributed by atoms with Crippen molar-refractivity contribution in [1.29, 1.82) is 0 Å². The molecular weight excluding hydrogens is 1320 g/mol. The van der Waals surface area contributed by atoms with Gasteiger partial charge >= 0.3 is 0 Å². The third-order valence-corrected chi connectivity index (χ3v) is 27.0. The van der Waals surface area contributed by atoms with E-state index in [1.807, 2.05) is 0 Å². The van der Waals surface area contributed by atoms with E-state index in [-0.39, 0.29) is 16.2 Å². The summed E-state index contributed by atoms with van der Waals surface area (Å²) in [4.78, 5) is 2.73. The monoisotopic (exact) mass is 1430 g/mol. The number of nitrogens with zero attached hydrogens (tertiary/aromatic N) is 1. The fourth-order valence-corrected chi connectivity index (χ4v) is 21.6. The van der Waals surface area contributed by atoms with Crippen molar-refractivity contribution in [1.82, 2.24) is 0 Å². The van der Waals surface area contributed by atoms with Gasteiger partial charge in [0.25, 0.3) is 0 Å². The number of hydrogen-bond acceptors (Lipinski definition) is 3. The number of unbranched alkanes of at least 4 members (excludes halogenated alkanes) is 20. The third-order valence-electron chi connectivity index (χ3n) is 27.0. The van der Waals surface area contributed by atoms with Crippen LogP contribution in [0.15, 0.2) is 221 Å². The summed E-state index contributed by atoms with van der Waals surface area (Å²) in [6.45, 7) is 19.4. The van der Waals surface area contributed by atoms with Crippen LogP contribution in [0.1, 0.15) is 280 Å². The summed E-state index contributed by atoms with van der Waals surface area (Å²) >= 11 is 0. The van der Waals surface area contributed by atoms with Crippen molar-refractivity contribution in [2.24, 2.45) is 0 Å². The van der Waals surface area contributed by atoms with Crippen LogP contribution in [0.3, 0.4) is 0 Å². The average molecular weight is 1440 g/mol. The minimum Gasteiger partial charge on any atom is -0.456 e. The summed E-state index contributed by atoms with van der Waals surface area (Å²) in [5, 5.41) is 5.00. The van der Waals surface area contributed by atoms with Gasteiger partial charge in [-0.25, -0.2) is 0 Å². The molecule has 0 bridgehead atoms. The third kappa shape index (κ3) is 12.4. The van der Waals surface area contributed by atoms with E-state index < -0.39 is 5.41 Å². The minimum absolute atomic E-state index is 0.130. The lowest BCUT2D eigenvalue weighted by Gasteiger charge is -2.36. The molecule has 11 aromatic carbocycles. The summed E-state index contributed by atoms with van der Waals surface area (Å²) in [5.41, 5.74) is 34.1. The average Bonchev–Trinajstić information content (AvgIpc) is 1.51. The normalized spacial score (nSPS) is 14.8. The predicted octanol–water partition coefficient (Wildman–Crippen LogP) is 32.4. The summed E-state index contributed by atoms with van der Waals surface area (Å²) in [6.07, 6.45) is 35.2. The van der Waals surface area contributed by atoms with Gasteiger partial charge in [0, 0.05) is 71.3 Å². The van der Waals surface area contributed by atoms with E-state index >= 15 is 0 Å². The van der Waals surface area contributed by atoms with E-state index in [1.54, 1.807) is 16.7 Å². The smallest absolute Gasteiger partial charge is 0.144 e. The second kappa shape index (κ2) is 30.6. The van der Waals surface area contributed by atoms with E-state index in [1.165, 1.54) is 294 Å². The largest absolute Gasteiger partial charge is 0.456 e. The van der Waals surface area contributed by atoms with Crippen LogP contribution in [0.2, 0.25) is 0 Å². The Labute approximate surface area is 651 Å². The molecule has 3 nitrogen and oxygen atoms in total. The number of furan rings is 2. The van der Waals surface area contributed by atoms with Crippen LogP contribution in [-0.4, -0.2) is 0 Å². The molecule has 556 valence electrons. The quantitative estimate of drug-likeness (QED) is 0.0384. The SMILES string of the molecule is CCCCCCCCC1(CCCCCCCC)c2cc(N(c3ccc4c(c3)C(C)(C)c3c5c(c6c(oc7ccccc76)c3-4)-c3ccccc3C5(C)C)c3c(-c4ccccc4)cccc3-c3ccccc3)ccc2-c2cc3c(cc21)-c1c(ccc2oc4ccccc4c12)C3(CCCCCCCC)CCCCCCCC. The minimum atomic E-state index is -0.417. The molecule has 0 fully saturated rings. The molecule has 109 heavy (non-hydrogen) atoms. The molecule has 0 spiro atoms. The lowest BCUT2D eigenvalue weighted by molar-refractivity contribution is 0.394. The fourth-order valence-electron chi connectivity index (χ4n) is 21.6. The highest BCUT2D eigenvalue weighted by Gasteiger charge is 2.51. The van der Waals surface area contributed by atoms with Crippen LogP contribution in [-0.2, 0) is 21.7 Å². The fraction of sp³-hybridized carbons (Fsp3) is 0.377. The van der Waals surface area contributed by atoms with Gasteiger partial charge in [-0.1, -0.05) is 367 Å². The molecule has 0 saturated heterocycles. The molecule has 2 heterocycles. The molecule has 17 rings (SSSR count). The van der Waals surface area contributed by atoms with Gasteiger partial charge in [-0.05, 0) is 175 Å². The van der Waals surface area contributed by atoms with Gasteiger partial charge in [-0.2, -0.15) is 0 Å². The maximum Gasteiger partial charge on any atom is 0.144 e. The zero-order chi connectivity index (χ0) is 74.4. The van der Waals surface area contributed by atoms with Gasteiger partial charge in [-0.3, -0.25) is 0 Å². The first kappa shape index (κ1) is 72.7. The summed E-state index contributed by atoms with van der Waals surface area (Å²) in [6, 6.07) is 82.9. The zero-order valence-electron chi connectivity index (χ0n) is 66.8. The van der Waals surface area contributed by atoms with Crippen molar-refractivity contribution in [2.45, 2.75) is 257 Å². The van der Waals surface area contributed by atoms with Gasteiger partial charge in [-0.15, -0.1) is 0 Å². The number of fused-ring (bicyclic) bond motifs is 22. The summed E-state index contributed by atoms with van der Waals surface area (Å²) < 4.78 is 14.3. The van der Waals surface area contributed by atoms with Crippen molar-refractivity contribution >= 4 is 60.9 Å². The van der Waals surface area contributed by atoms with Crippen LogP contribution in [0, 0.1) is 0 Å². The van der Waals surface area contributed by atoms with Crippen LogP contribution in [0.5, 0.6) is 0 Å². The first-order valence-electron chi connectivity index (χ1n) is 43.1. The lowest BCUT2D eigenvalue weighted by Crippen LogP contribution is -2.27. The van der Waals surface area contributed by atoms with Crippen molar-refractivity contribution in [3.8, 4) is 66.8 Å². The Hall–Kier alpha value is -9.18. The highest BCUT2D eigenvalue weighted by molar-refractivity contribution is 6.21. The number of hydrogen-bond donors (Lipinski definition) is 0. The van der Waals surface area contributed by atoms with Crippen LogP contribution >= 0.6 is 0 Å². The van der Waals surface area contributed by atoms with Crippen LogP contribution in [0.25, 0.3) is 111 Å². The first-order valence-corrected chi connectivity index (χ1v) is 43.1. The van der Waals surface area contributed by atoms with Crippen molar-refractivity contribution in [3.63, 3.8) is 0 Å². The molecule has 0 N–H and O–H groups in total. The molecule has 13 aromatic rings. The Morgan fingerprint density at radius 1 is 0.275 bits per heavy atom. The van der Waals surface area contributed by atoms with Crippen LogP contribution in [0.4, 0.5) is 17.1 Å². The van der Waals surface area contributed by atoms with Gasteiger partial charge in [0.05, 0.1) is 5.69 Å². The Morgan fingerprint density at radius 3 is 1.28 bits per heavy atom. The number of para-hydroxylation sites is 3. The van der Waals surface area contributed by atoms with E-state index in [9.17, 15) is 0 Å². The number of anilines is 3. The molecular formula is C106H115NO2. The van der Waals surface area contributed by atoms with Gasteiger partial charge in [0.15, 0.2) is 0 Å².